The van der Waals surface area contributed by atoms with Gasteiger partial charge >= 0.3 is 0 Å². The predicted molar refractivity (Wildman–Crippen MR) is 113 cm³/mol. The van der Waals surface area contributed by atoms with E-state index in [1.807, 2.05) is 10.9 Å². The second-order valence-electron chi connectivity index (χ2n) is 8.62. The minimum absolute atomic E-state index is 0.0841. The quantitative estimate of drug-likeness (QED) is 0.776. The zero-order valence-electron chi connectivity index (χ0n) is 17.0. The molecule has 1 aromatic heterocycles. The second kappa shape index (κ2) is 8.19. The molecule has 0 saturated carbocycles. The van der Waals surface area contributed by atoms with E-state index in [-0.39, 0.29) is 6.23 Å². The molecule has 0 spiro atoms. The molecule has 2 aromatic rings. The zero-order chi connectivity index (χ0) is 19.6. The smallest absolute Gasteiger partial charge is 0.222 e. The SMILES string of the molecule is O=C1CCCN1CC1CCN(c2ccc(-c3cnn(C4CCCCO4)c3)cc2)C1. The van der Waals surface area contributed by atoms with Crippen molar-refractivity contribution in [2.45, 2.75) is 44.8 Å². The number of benzene rings is 1. The van der Waals surface area contributed by atoms with Crippen molar-refractivity contribution in [2.75, 3.05) is 37.7 Å². The largest absolute Gasteiger partial charge is 0.371 e. The van der Waals surface area contributed by atoms with Crippen LogP contribution in [-0.4, -0.2) is 53.4 Å². The van der Waals surface area contributed by atoms with Gasteiger partial charge in [0, 0.05) is 56.7 Å². The Balaban J connectivity index is 1.20. The molecule has 6 heteroatoms. The summed E-state index contributed by atoms with van der Waals surface area (Å²) < 4.78 is 7.80. The van der Waals surface area contributed by atoms with Crippen LogP contribution >= 0.6 is 0 Å². The third kappa shape index (κ3) is 4.04. The molecule has 5 rings (SSSR count). The molecule has 1 aromatic carbocycles. The number of likely N-dealkylation sites (tertiary alicyclic amines) is 1. The van der Waals surface area contributed by atoms with Crippen LogP contribution in [0.4, 0.5) is 5.69 Å². The summed E-state index contributed by atoms with van der Waals surface area (Å²) >= 11 is 0. The molecule has 4 heterocycles. The Labute approximate surface area is 172 Å². The molecule has 0 N–H and O–H groups in total. The van der Waals surface area contributed by atoms with Crippen molar-refractivity contribution in [1.29, 1.82) is 0 Å². The van der Waals surface area contributed by atoms with Crippen LogP contribution < -0.4 is 4.90 Å². The summed E-state index contributed by atoms with van der Waals surface area (Å²) in [6, 6.07) is 8.81. The van der Waals surface area contributed by atoms with E-state index < -0.39 is 0 Å². The fraction of sp³-hybridized carbons (Fsp3) is 0.565. The summed E-state index contributed by atoms with van der Waals surface area (Å²) in [5.74, 6) is 0.928. The van der Waals surface area contributed by atoms with Crippen LogP contribution in [0.1, 0.15) is 44.8 Å². The van der Waals surface area contributed by atoms with Crippen molar-refractivity contribution >= 4 is 11.6 Å². The molecule has 3 saturated heterocycles. The van der Waals surface area contributed by atoms with Gasteiger partial charge in [0.15, 0.2) is 0 Å². The van der Waals surface area contributed by atoms with Crippen LogP contribution in [0.15, 0.2) is 36.7 Å². The van der Waals surface area contributed by atoms with E-state index in [1.54, 1.807) is 0 Å². The highest BCUT2D eigenvalue weighted by Crippen LogP contribution is 2.29. The Morgan fingerprint density at radius 1 is 1.03 bits per heavy atom. The molecular formula is C23H30N4O2. The molecule has 2 atom stereocenters. The van der Waals surface area contributed by atoms with Crippen LogP contribution in [-0.2, 0) is 9.53 Å². The van der Waals surface area contributed by atoms with Crippen molar-refractivity contribution in [3.63, 3.8) is 0 Å². The van der Waals surface area contributed by atoms with Gasteiger partial charge in [-0.1, -0.05) is 12.1 Å². The Morgan fingerprint density at radius 2 is 1.93 bits per heavy atom. The van der Waals surface area contributed by atoms with E-state index in [0.717, 1.165) is 64.0 Å². The summed E-state index contributed by atoms with van der Waals surface area (Å²) in [6.07, 6.45) is 10.5. The number of aromatic nitrogens is 2. The Morgan fingerprint density at radius 3 is 2.69 bits per heavy atom. The highest BCUT2D eigenvalue weighted by Gasteiger charge is 2.28. The molecule has 3 fully saturated rings. The lowest BCUT2D eigenvalue weighted by Gasteiger charge is -2.22. The summed E-state index contributed by atoms with van der Waals surface area (Å²) in [7, 11) is 0. The van der Waals surface area contributed by atoms with E-state index in [1.165, 1.54) is 24.1 Å². The van der Waals surface area contributed by atoms with Crippen molar-refractivity contribution in [1.82, 2.24) is 14.7 Å². The van der Waals surface area contributed by atoms with Crippen LogP contribution in [0.5, 0.6) is 0 Å². The Bertz CT molecular complexity index is 841. The summed E-state index contributed by atoms with van der Waals surface area (Å²) in [6.45, 7) is 4.82. The van der Waals surface area contributed by atoms with Gasteiger partial charge in [0.1, 0.15) is 6.23 Å². The first-order valence-electron chi connectivity index (χ1n) is 11.1. The third-order valence-electron chi connectivity index (χ3n) is 6.55. The van der Waals surface area contributed by atoms with Gasteiger partial charge in [-0.05, 0) is 55.7 Å². The van der Waals surface area contributed by atoms with Crippen molar-refractivity contribution in [2.24, 2.45) is 5.92 Å². The number of nitrogens with zero attached hydrogens (tertiary/aromatic N) is 4. The molecule has 154 valence electrons. The summed E-state index contributed by atoms with van der Waals surface area (Å²) in [4.78, 5) is 16.4. The van der Waals surface area contributed by atoms with Gasteiger partial charge in [-0.2, -0.15) is 5.10 Å². The molecule has 2 unspecified atom stereocenters. The number of carbonyl (C=O) groups is 1. The van der Waals surface area contributed by atoms with Crippen molar-refractivity contribution in [3.05, 3.63) is 36.7 Å². The van der Waals surface area contributed by atoms with Gasteiger partial charge in [0.05, 0.1) is 6.20 Å². The average Bonchev–Trinajstić information content (AvgIpc) is 3.51. The first kappa shape index (κ1) is 18.7. The third-order valence-corrected chi connectivity index (χ3v) is 6.55. The zero-order valence-corrected chi connectivity index (χ0v) is 17.0. The maximum absolute atomic E-state index is 11.9. The molecule has 3 aliphatic heterocycles. The molecule has 29 heavy (non-hydrogen) atoms. The number of carbonyl (C=O) groups excluding carboxylic acids is 1. The first-order valence-corrected chi connectivity index (χ1v) is 11.1. The lowest BCUT2D eigenvalue weighted by Crippen LogP contribution is -2.32. The van der Waals surface area contributed by atoms with Crippen molar-refractivity contribution in [3.8, 4) is 11.1 Å². The lowest BCUT2D eigenvalue weighted by molar-refractivity contribution is -0.128. The molecule has 0 aliphatic carbocycles. The number of hydrogen-bond acceptors (Lipinski definition) is 4. The summed E-state index contributed by atoms with van der Waals surface area (Å²) in [5, 5.41) is 4.53. The van der Waals surface area contributed by atoms with Crippen LogP contribution in [0.3, 0.4) is 0 Å². The van der Waals surface area contributed by atoms with E-state index in [2.05, 4.69) is 45.4 Å². The average molecular weight is 395 g/mol. The Hall–Kier alpha value is -2.34. The van der Waals surface area contributed by atoms with E-state index in [4.69, 9.17) is 4.74 Å². The normalized spacial score (nSPS) is 25.2. The topological polar surface area (TPSA) is 50.6 Å². The summed E-state index contributed by atoms with van der Waals surface area (Å²) in [5.41, 5.74) is 3.60. The highest BCUT2D eigenvalue weighted by atomic mass is 16.5. The van der Waals surface area contributed by atoms with Gasteiger partial charge in [0.25, 0.3) is 0 Å². The van der Waals surface area contributed by atoms with Gasteiger partial charge in [-0.15, -0.1) is 0 Å². The molecule has 6 nitrogen and oxygen atoms in total. The second-order valence-corrected chi connectivity index (χ2v) is 8.62. The minimum atomic E-state index is 0.0841. The van der Waals surface area contributed by atoms with E-state index in [9.17, 15) is 4.79 Å². The maximum Gasteiger partial charge on any atom is 0.222 e. The molecule has 1 amide bonds. The molecule has 0 bridgehead atoms. The monoisotopic (exact) mass is 394 g/mol. The minimum Gasteiger partial charge on any atom is -0.371 e. The standard InChI is InChI=1S/C23H30N4O2/c28-22-4-3-11-26(22)16-18-10-12-25(15-18)21-8-6-19(7-9-21)20-14-24-27(17-20)23-5-1-2-13-29-23/h6-9,14,17-18,23H,1-5,10-13,15-16H2. The van der Waals surface area contributed by atoms with Crippen molar-refractivity contribution < 1.29 is 9.53 Å². The van der Waals surface area contributed by atoms with Crippen LogP contribution in [0.25, 0.3) is 11.1 Å². The van der Waals surface area contributed by atoms with Gasteiger partial charge in [0.2, 0.25) is 5.91 Å². The van der Waals surface area contributed by atoms with Crippen LogP contribution in [0.2, 0.25) is 0 Å². The fourth-order valence-electron chi connectivity index (χ4n) is 4.87. The molecular weight excluding hydrogens is 364 g/mol. The van der Waals surface area contributed by atoms with Crippen LogP contribution in [0, 0.1) is 5.92 Å². The van der Waals surface area contributed by atoms with E-state index in [0.29, 0.717) is 11.8 Å². The highest BCUT2D eigenvalue weighted by molar-refractivity contribution is 5.78. The lowest BCUT2D eigenvalue weighted by atomic mass is 10.1. The Kier molecular flexibility index (Phi) is 5.27. The number of anilines is 1. The fourth-order valence-corrected chi connectivity index (χ4v) is 4.87. The molecule has 3 aliphatic rings. The van der Waals surface area contributed by atoms with Gasteiger partial charge < -0.3 is 14.5 Å². The number of hydrogen-bond donors (Lipinski definition) is 0. The number of rotatable bonds is 5. The van der Waals surface area contributed by atoms with E-state index >= 15 is 0 Å². The predicted octanol–water partition coefficient (Wildman–Crippen LogP) is 3.70. The maximum atomic E-state index is 11.9. The number of amides is 1. The van der Waals surface area contributed by atoms with Gasteiger partial charge in [-0.25, -0.2) is 4.68 Å². The first-order chi connectivity index (χ1) is 14.3. The number of ether oxygens (including phenoxy) is 1. The van der Waals surface area contributed by atoms with Gasteiger partial charge in [-0.3, -0.25) is 4.79 Å². The molecule has 0 radical (unpaired) electrons.